The van der Waals surface area contributed by atoms with Gasteiger partial charge < -0.3 is 31.5 Å². The molecule has 0 saturated heterocycles. The Morgan fingerprint density at radius 3 is 2.32 bits per heavy atom. The number of nitrogens with two attached hydrogens (primary N) is 2. The predicted molar refractivity (Wildman–Crippen MR) is 98.1 cm³/mol. The van der Waals surface area contributed by atoms with Gasteiger partial charge in [0, 0.05) is 12.5 Å². The van der Waals surface area contributed by atoms with E-state index in [1.807, 2.05) is 27.7 Å². The van der Waals surface area contributed by atoms with Crippen molar-refractivity contribution < 1.29 is 24.3 Å². The van der Waals surface area contributed by atoms with Crippen molar-refractivity contribution in [3.8, 4) is 0 Å². The molecule has 0 unspecified atom stereocenters. The van der Waals surface area contributed by atoms with E-state index in [1.54, 1.807) is 0 Å². The predicted octanol–water partition coefficient (Wildman–Crippen LogP) is -0.0927. The number of aliphatic hydroxyl groups is 1. The maximum absolute atomic E-state index is 11.7. The average Bonchev–Trinajstić information content (AvgIpc) is 3.07. The SMILES string of the molecule is CC.CC.CO.NC(=O)CO/N=C(\C(=O)NCC=O)c1csc(N)n1. The van der Waals surface area contributed by atoms with Crippen molar-refractivity contribution in [3.05, 3.63) is 11.1 Å². The van der Waals surface area contributed by atoms with Gasteiger partial charge in [-0.25, -0.2) is 4.98 Å². The minimum Gasteiger partial charge on any atom is -0.400 e. The number of primary amides is 1. The molecule has 144 valence electrons. The smallest absolute Gasteiger partial charge is 0.275 e. The molecule has 6 N–H and O–H groups in total. The highest BCUT2D eigenvalue weighted by atomic mass is 32.1. The van der Waals surface area contributed by atoms with Crippen LogP contribution < -0.4 is 16.8 Å². The fourth-order valence-electron chi connectivity index (χ4n) is 0.979. The highest BCUT2D eigenvalue weighted by Crippen LogP contribution is 2.12. The van der Waals surface area contributed by atoms with Gasteiger partial charge in [0.1, 0.15) is 12.0 Å². The van der Waals surface area contributed by atoms with Crippen LogP contribution in [-0.2, 0) is 19.2 Å². The first-order chi connectivity index (χ1) is 12.0. The van der Waals surface area contributed by atoms with Crippen LogP contribution in [0.5, 0.6) is 0 Å². The number of aliphatic hydroxyl groups excluding tert-OH is 1. The van der Waals surface area contributed by atoms with E-state index >= 15 is 0 Å². The molecule has 0 aromatic carbocycles. The summed E-state index contributed by atoms with van der Waals surface area (Å²) < 4.78 is 0. The first-order valence-electron chi connectivity index (χ1n) is 7.40. The minimum atomic E-state index is -0.741. The van der Waals surface area contributed by atoms with Gasteiger partial charge in [0.25, 0.3) is 11.8 Å². The Hall–Kier alpha value is -2.53. The van der Waals surface area contributed by atoms with Crippen LogP contribution in [0.1, 0.15) is 33.4 Å². The Kier molecular flexibility index (Phi) is 21.3. The van der Waals surface area contributed by atoms with Gasteiger partial charge in [0.15, 0.2) is 17.5 Å². The molecule has 0 aliphatic carbocycles. The van der Waals surface area contributed by atoms with Crippen molar-refractivity contribution in [2.75, 3.05) is 26.0 Å². The van der Waals surface area contributed by atoms with E-state index in [1.165, 1.54) is 5.38 Å². The van der Waals surface area contributed by atoms with Gasteiger partial charge in [0.05, 0.1) is 6.54 Å². The number of rotatable bonds is 7. The van der Waals surface area contributed by atoms with Crippen molar-refractivity contribution >= 4 is 40.3 Å². The van der Waals surface area contributed by atoms with Crippen molar-refractivity contribution in [3.63, 3.8) is 0 Å². The molecule has 1 aromatic heterocycles. The number of nitrogens with zero attached hydrogens (tertiary/aromatic N) is 2. The third-order valence-corrected chi connectivity index (χ3v) is 2.36. The molecule has 0 saturated carbocycles. The highest BCUT2D eigenvalue weighted by molar-refractivity contribution is 7.13. The van der Waals surface area contributed by atoms with Crippen molar-refractivity contribution in [1.29, 1.82) is 0 Å². The second-order valence-electron chi connectivity index (χ2n) is 3.13. The quantitative estimate of drug-likeness (QED) is 0.292. The fraction of sp³-hybridized carbons (Fsp3) is 0.500. The average molecular weight is 377 g/mol. The molecule has 10 nitrogen and oxygen atoms in total. The van der Waals surface area contributed by atoms with Gasteiger partial charge >= 0.3 is 0 Å². The lowest BCUT2D eigenvalue weighted by molar-refractivity contribution is -0.122. The van der Waals surface area contributed by atoms with Gasteiger partial charge in [-0.15, -0.1) is 11.3 Å². The number of anilines is 1. The molecule has 0 spiro atoms. The monoisotopic (exact) mass is 377 g/mol. The fourth-order valence-corrected chi connectivity index (χ4v) is 1.53. The Labute approximate surface area is 151 Å². The summed E-state index contributed by atoms with van der Waals surface area (Å²) in [4.78, 5) is 40.9. The Bertz CT molecular complexity index is 519. The summed E-state index contributed by atoms with van der Waals surface area (Å²) in [6.45, 7) is 7.33. The van der Waals surface area contributed by atoms with Crippen LogP contribution >= 0.6 is 11.3 Å². The molecule has 2 amide bonds. The summed E-state index contributed by atoms with van der Waals surface area (Å²) in [5, 5.41) is 14.5. The van der Waals surface area contributed by atoms with Crippen LogP contribution in [0.4, 0.5) is 5.13 Å². The van der Waals surface area contributed by atoms with Crippen LogP contribution in [0, 0.1) is 0 Å². The van der Waals surface area contributed by atoms with Crippen LogP contribution in [0.2, 0.25) is 0 Å². The number of hydrogen-bond acceptors (Lipinski definition) is 9. The maximum atomic E-state index is 11.7. The zero-order chi connectivity index (χ0) is 20.3. The molecule has 11 heteroatoms. The molecule has 25 heavy (non-hydrogen) atoms. The van der Waals surface area contributed by atoms with E-state index in [0.717, 1.165) is 18.4 Å². The lowest BCUT2D eigenvalue weighted by Crippen LogP contribution is -2.33. The number of nitrogens with one attached hydrogen (secondary N) is 1. The van der Waals surface area contributed by atoms with E-state index < -0.39 is 18.4 Å². The van der Waals surface area contributed by atoms with E-state index in [4.69, 9.17) is 16.6 Å². The number of nitrogen functional groups attached to an aromatic ring is 1. The number of aromatic nitrogens is 1. The van der Waals surface area contributed by atoms with Gasteiger partial charge in [0.2, 0.25) is 0 Å². The molecule has 0 aliphatic rings. The highest BCUT2D eigenvalue weighted by Gasteiger charge is 2.18. The summed E-state index contributed by atoms with van der Waals surface area (Å²) in [5.41, 5.74) is 10.3. The molecule has 0 aliphatic heterocycles. The van der Waals surface area contributed by atoms with Crippen molar-refractivity contribution in [1.82, 2.24) is 10.3 Å². The second kappa shape index (κ2) is 19.5. The minimum absolute atomic E-state index is 0.176. The third kappa shape index (κ3) is 13.6. The zero-order valence-corrected chi connectivity index (χ0v) is 15.9. The molecule has 0 atom stereocenters. The Morgan fingerprint density at radius 2 is 1.92 bits per heavy atom. The first kappa shape index (κ1) is 27.3. The summed E-state index contributed by atoms with van der Waals surface area (Å²) in [5.74, 6) is -1.42. The molecule has 1 rings (SSSR count). The van der Waals surface area contributed by atoms with Crippen molar-refractivity contribution in [2.45, 2.75) is 27.7 Å². The summed E-state index contributed by atoms with van der Waals surface area (Å²) in [6.07, 6.45) is 0.509. The largest absolute Gasteiger partial charge is 0.400 e. The van der Waals surface area contributed by atoms with Crippen LogP contribution in [0.25, 0.3) is 0 Å². The number of oxime groups is 1. The molecule has 1 heterocycles. The lowest BCUT2D eigenvalue weighted by atomic mass is 10.3. The molecular formula is C14H27N5O5S. The topological polar surface area (TPSA) is 170 Å². The molecule has 1 aromatic rings. The summed E-state index contributed by atoms with van der Waals surface area (Å²) in [7, 11) is 1.00. The number of hydrogen-bond donors (Lipinski definition) is 4. The van der Waals surface area contributed by atoms with Crippen LogP contribution in [-0.4, -0.2) is 54.2 Å². The standard InChI is InChI=1S/C9H11N5O4S.2C2H6.CH4O/c10-6(16)3-18-14-7(8(17)12-1-2-15)5-4-19-9(11)13-5;3*1-2/h2,4H,1,3H2,(H2,10,16)(H2,11,13)(H,12,17);2*1-2H3;2H,1H3/b14-7-;;;. The number of aldehydes is 1. The number of thiazole rings is 1. The Morgan fingerprint density at radius 1 is 1.36 bits per heavy atom. The third-order valence-electron chi connectivity index (χ3n) is 1.69. The molecule has 0 radical (unpaired) electrons. The van der Waals surface area contributed by atoms with Gasteiger partial charge in [-0.2, -0.15) is 0 Å². The maximum Gasteiger partial charge on any atom is 0.275 e. The summed E-state index contributed by atoms with van der Waals surface area (Å²) >= 11 is 1.10. The molecule has 0 fully saturated rings. The van der Waals surface area contributed by atoms with Gasteiger partial charge in [-0.05, 0) is 0 Å². The second-order valence-corrected chi connectivity index (χ2v) is 4.02. The normalized spacial score (nSPS) is 8.96. The van der Waals surface area contributed by atoms with E-state index in [0.29, 0.717) is 6.29 Å². The van der Waals surface area contributed by atoms with Crippen LogP contribution in [0.3, 0.4) is 0 Å². The number of amides is 2. The van der Waals surface area contributed by atoms with E-state index in [2.05, 4.69) is 20.3 Å². The van der Waals surface area contributed by atoms with E-state index in [-0.39, 0.29) is 23.1 Å². The number of carbonyl (C=O) groups is 3. The van der Waals surface area contributed by atoms with Gasteiger partial charge in [-0.3, -0.25) is 9.59 Å². The number of carbonyl (C=O) groups excluding carboxylic acids is 3. The lowest BCUT2D eigenvalue weighted by Gasteiger charge is -2.03. The van der Waals surface area contributed by atoms with Gasteiger partial charge in [-0.1, -0.05) is 32.9 Å². The first-order valence-corrected chi connectivity index (χ1v) is 8.28. The Balaban J connectivity index is -0.000000725. The molecular weight excluding hydrogens is 350 g/mol. The van der Waals surface area contributed by atoms with E-state index in [9.17, 15) is 14.4 Å². The van der Waals surface area contributed by atoms with Crippen LogP contribution in [0.15, 0.2) is 10.5 Å². The van der Waals surface area contributed by atoms with Crippen molar-refractivity contribution in [2.24, 2.45) is 10.9 Å². The zero-order valence-electron chi connectivity index (χ0n) is 15.1. The molecule has 0 bridgehead atoms. The summed E-state index contributed by atoms with van der Waals surface area (Å²) in [6, 6.07) is 0.